The van der Waals surface area contributed by atoms with E-state index in [0.717, 1.165) is 17.7 Å². The van der Waals surface area contributed by atoms with Gasteiger partial charge in [0.05, 0.1) is 18.9 Å². The lowest BCUT2D eigenvalue weighted by Crippen LogP contribution is -2.42. The quantitative estimate of drug-likeness (QED) is 0.320. The van der Waals surface area contributed by atoms with Crippen molar-refractivity contribution < 1.29 is 13.2 Å². The second-order valence-electron chi connectivity index (χ2n) is 5.91. The molecule has 0 aliphatic rings. The van der Waals surface area contributed by atoms with Crippen LogP contribution >= 0.6 is 24.0 Å². The molecule has 1 aromatic carbocycles. The number of halogens is 1. The van der Waals surface area contributed by atoms with Crippen LogP contribution in [-0.4, -0.2) is 46.1 Å². The third kappa shape index (κ3) is 11.4. The molecule has 0 aliphatic heterocycles. The van der Waals surface area contributed by atoms with E-state index in [1.807, 2.05) is 32.0 Å². The van der Waals surface area contributed by atoms with Gasteiger partial charge in [-0.1, -0.05) is 24.3 Å². The molecule has 1 unspecified atom stereocenters. The van der Waals surface area contributed by atoms with Crippen molar-refractivity contribution in [2.45, 2.75) is 39.5 Å². The van der Waals surface area contributed by atoms with Crippen LogP contribution in [-0.2, 0) is 27.7 Å². The predicted molar refractivity (Wildman–Crippen MR) is 114 cm³/mol. The number of sulfone groups is 1. The van der Waals surface area contributed by atoms with Gasteiger partial charge in [-0.05, 0) is 31.4 Å². The molecular formula is C17H30IN3O3S. The molecule has 0 aromatic heterocycles. The monoisotopic (exact) mass is 483 g/mol. The smallest absolute Gasteiger partial charge is 0.191 e. The Balaban J connectivity index is 0.00000576. The zero-order valence-corrected chi connectivity index (χ0v) is 18.6. The number of nitrogens with one attached hydrogen (secondary N) is 2. The van der Waals surface area contributed by atoms with E-state index in [9.17, 15) is 8.42 Å². The van der Waals surface area contributed by atoms with Crippen LogP contribution in [0.1, 0.15) is 31.4 Å². The van der Waals surface area contributed by atoms with Gasteiger partial charge in [0.15, 0.2) is 5.96 Å². The van der Waals surface area contributed by atoms with E-state index in [0.29, 0.717) is 25.5 Å². The molecule has 0 bridgehead atoms. The van der Waals surface area contributed by atoms with Gasteiger partial charge in [-0.15, -0.1) is 24.0 Å². The summed E-state index contributed by atoms with van der Waals surface area (Å²) in [4.78, 5) is 4.57. The van der Waals surface area contributed by atoms with Gasteiger partial charge in [-0.25, -0.2) is 13.4 Å². The molecule has 1 aromatic rings. The number of methoxy groups -OCH3 is 1. The maximum absolute atomic E-state index is 11.3. The second-order valence-corrected chi connectivity index (χ2v) is 8.17. The van der Waals surface area contributed by atoms with Crippen molar-refractivity contribution in [1.82, 2.24) is 10.6 Å². The molecule has 8 heteroatoms. The van der Waals surface area contributed by atoms with Gasteiger partial charge in [-0.3, -0.25) is 0 Å². The first-order valence-electron chi connectivity index (χ1n) is 8.13. The highest BCUT2D eigenvalue weighted by atomic mass is 127. The van der Waals surface area contributed by atoms with Gasteiger partial charge in [-0.2, -0.15) is 0 Å². The molecule has 0 saturated carbocycles. The minimum atomic E-state index is -2.94. The Labute approximate surface area is 168 Å². The molecule has 0 saturated heterocycles. The number of ether oxygens (including phenoxy) is 1. The first-order chi connectivity index (χ1) is 11.3. The van der Waals surface area contributed by atoms with Gasteiger partial charge < -0.3 is 15.4 Å². The van der Waals surface area contributed by atoms with Crippen molar-refractivity contribution in [2.24, 2.45) is 4.99 Å². The number of benzene rings is 1. The zero-order chi connectivity index (χ0) is 18.0. The maximum atomic E-state index is 11.3. The Hall–Kier alpha value is -0.870. The summed E-state index contributed by atoms with van der Waals surface area (Å²) in [6.45, 7) is 5.83. The van der Waals surface area contributed by atoms with E-state index < -0.39 is 9.84 Å². The van der Waals surface area contributed by atoms with Crippen molar-refractivity contribution in [3.8, 4) is 0 Å². The summed E-state index contributed by atoms with van der Waals surface area (Å²) < 4.78 is 27.7. The van der Waals surface area contributed by atoms with E-state index >= 15 is 0 Å². The number of rotatable bonds is 9. The van der Waals surface area contributed by atoms with E-state index in [1.54, 1.807) is 7.11 Å². The molecule has 0 heterocycles. The predicted octanol–water partition coefficient (Wildman–Crippen LogP) is 2.33. The molecule has 0 spiro atoms. The van der Waals surface area contributed by atoms with E-state index in [4.69, 9.17) is 4.74 Å². The minimum Gasteiger partial charge on any atom is -0.380 e. The fourth-order valence-electron chi connectivity index (χ4n) is 2.17. The largest absolute Gasteiger partial charge is 0.380 e. The molecule has 0 aliphatic carbocycles. The molecule has 6 nitrogen and oxygen atoms in total. The fraction of sp³-hybridized carbons (Fsp3) is 0.588. The highest BCUT2D eigenvalue weighted by Gasteiger charge is 2.09. The second kappa shape index (κ2) is 12.5. The summed E-state index contributed by atoms with van der Waals surface area (Å²) in [6.07, 6.45) is 1.80. The Bertz CT molecular complexity index is 636. The lowest BCUT2D eigenvalue weighted by atomic mass is 10.1. The van der Waals surface area contributed by atoms with Crippen LogP contribution in [0.5, 0.6) is 0 Å². The van der Waals surface area contributed by atoms with Crippen LogP contribution in [0.2, 0.25) is 0 Å². The normalized spacial score (nSPS) is 13.0. The number of guanidine groups is 1. The molecule has 1 atom stereocenters. The number of aliphatic imine (C=N–C) groups is 1. The molecule has 144 valence electrons. The van der Waals surface area contributed by atoms with Crippen LogP contribution < -0.4 is 10.6 Å². The summed E-state index contributed by atoms with van der Waals surface area (Å²) in [5, 5.41) is 6.44. The lowest BCUT2D eigenvalue weighted by molar-refractivity contribution is 0.185. The summed E-state index contributed by atoms with van der Waals surface area (Å²) in [5.74, 6) is 0.857. The minimum absolute atomic E-state index is 0. The standard InChI is InChI=1S/C17H29N3O3S.HI/c1-5-18-17(20-14(2)9-10-24(4,21)22)19-12-15-7-6-8-16(11-15)13-23-3;/h6-8,11,14H,5,9-10,12-13H2,1-4H3,(H2,18,19,20);1H. The summed E-state index contributed by atoms with van der Waals surface area (Å²) in [6, 6.07) is 8.14. The van der Waals surface area contributed by atoms with Gasteiger partial charge in [0.25, 0.3) is 0 Å². The van der Waals surface area contributed by atoms with Crippen molar-refractivity contribution in [2.75, 3.05) is 25.7 Å². The average molecular weight is 483 g/mol. The van der Waals surface area contributed by atoms with Crippen LogP contribution in [0.4, 0.5) is 0 Å². The molecular weight excluding hydrogens is 453 g/mol. The zero-order valence-electron chi connectivity index (χ0n) is 15.4. The van der Waals surface area contributed by atoms with Crippen LogP contribution in [0.25, 0.3) is 0 Å². The number of hydrogen-bond donors (Lipinski definition) is 2. The summed E-state index contributed by atoms with van der Waals surface area (Å²) in [5.41, 5.74) is 2.22. The van der Waals surface area contributed by atoms with E-state index in [-0.39, 0.29) is 35.8 Å². The van der Waals surface area contributed by atoms with Crippen molar-refractivity contribution >= 4 is 39.8 Å². The average Bonchev–Trinajstić information content (AvgIpc) is 2.51. The van der Waals surface area contributed by atoms with E-state index in [1.165, 1.54) is 6.26 Å². The van der Waals surface area contributed by atoms with Crippen LogP contribution in [0, 0.1) is 0 Å². The molecule has 0 radical (unpaired) electrons. The van der Waals surface area contributed by atoms with Crippen molar-refractivity contribution in [1.29, 1.82) is 0 Å². The molecule has 1 rings (SSSR count). The molecule has 2 N–H and O–H groups in total. The highest BCUT2D eigenvalue weighted by molar-refractivity contribution is 14.0. The van der Waals surface area contributed by atoms with Crippen LogP contribution in [0.3, 0.4) is 0 Å². The maximum Gasteiger partial charge on any atom is 0.191 e. The molecule has 0 fully saturated rings. The van der Waals surface area contributed by atoms with Crippen LogP contribution in [0.15, 0.2) is 29.3 Å². The van der Waals surface area contributed by atoms with Gasteiger partial charge in [0, 0.05) is 26.0 Å². The Morgan fingerprint density at radius 2 is 2.00 bits per heavy atom. The number of hydrogen-bond acceptors (Lipinski definition) is 4. The Kier molecular flexibility index (Phi) is 12.0. The molecule has 25 heavy (non-hydrogen) atoms. The Morgan fingerprint density at radius 1 is 1.32 bits per heavy atom. The summed E-state index contributed by atoms with van der Waals surface area (Å²) in [7, 11) is -1.27. The van der Waals surface area contributed by atoms with E-state index in [2.05, 4.69) is 21.7 Å². The Morgan fingerprint density at radius 3 is 2.60 bits per heavy atom. The van der Waals surface area contributed by atoms with Crippen molar-refractivity contribution in [3.05, 3.63) is 35.4 Å². The lowest BCUT2D eigenvalue weighted by Gasteiger charge is -2.17. The van der Waals surface area contributed by atoms with Gasteiger partial charge >= 0.3 is 0 Å². The van der Waals surface area contributed by atoms with Crippen molar-refractivity contribution in [3.63, 3.8) is 0 Å². The summed E-state index contributed by atoms with van der Waals surface area (Å²) >= 11 is 0. The first-order valence-corrected chi connectivity index (χ1v) is 10.2. The van der Waals surface area contributed by atoms with Gasteiger partial charge in [0.1, 0.15) is 9.84 Å². The third-order valence-corrected chi connectivity index (χ3v) is 4.35. The third-order valence-electron chi connectivity index (χ3n) is 3.37. The van der Waals surface area contributed by atoms with Gasteiger partial charge in [0.2, 0.25) is 0 Å². The highest BCUT2D eigenvalue weighted by Crippen LogP contribution is 2.07. The fourth-order valence-corrected chi connectivity index (χ4v) is 2.95. The SMILES string of the molecule is CCNC(=NCc1cccc(COC)c1)NC(C)CCS(C)(=O)=O.I. The first kappa shape index (κ1) is 24.1. The topological polar surface area (TPSA) is 79.8 Å². The molecule has 0 amide bonds. The number of nitrogens with zero attached hydrogens (tertiary/aromatic N) is 1.